The minimum Gasteiger partial charge on any atom is -0.506 e. The molecule has 2 aromatic heterocycles. The lowest BCUT2D eigenvalue weighted by atomic mass is 10.4. The van der Waals surface area contributed by atoms with Crippen LogP contribution < -0.4 is 10.9 Å². The van der Waals surface area contributed by atoms with Crippen LogP contribution in [0.25, 0.3) is 0 Å². The van der Waals surface area contributed by atoms with Gasteiger partial charge in [-0.25, -0.2) is 4.98 Å². The molecule has 0 saturated heterocycles. The summed E-state index contributed by atoms with van der Waals surface area (Å²) in [5.74, 6) is 0.579. The Morgan fingerprint density at radius 1 is 1.47 bits per heavy atom. The van der Waals surface area contributed by atoms with Gasteiger partial charge in [0.25, 0.3) is 5.56 Å². The zero-order chi connectivity index (χ0) is 12.4. The van der Waals surface area contributed by atoms with Crippen molar-refractivity contribution in [1.82, 2.24) is 9.55 Å². The second kappa shape index (κ2) is 4.58. The molecule has 2 heterocycles. The van der Waals surface area contributed by atoms with Gasteiger partial charge in [-0.1, -0.05) is 0 Å². The molecule has 2 rings (SSSR count). The predicted octanol–water partition coefficient (Wildman–Crippen LogP) is 1.99. The summed E-state index contributed by atoms with van der Waals surface area (Å²) in [6.45, 7) is 0. The zero-order valence-corrected chi connectivity index (χ0v) is 10.6. The van der Waals surface area contributed by atoms with Crippen LogP contribution in [0.1, 0.15) is 0 Å². The summed E-state index contributed by atoms with van der Waals surface area (Å²) in [6, 6.07) is 4.77. The summed E-state index contributed by atoms with van der Waals surface area (Å²) < 4.78 is 2.26. The number of hydrogen-bond acceptors (Lipinski definition) is 4. The van der Waals surface area contributed by atoms with Gasteiger partial charge in [-0.2, -0.15) is 0 Å². The molecule has 17 heavy (non-hydrogen) atoms. The van der Waals surface area contributed by atoms with Gasteiger partial charge >= 0.3 is 0 Å². The van der Waals surface area contributed by atoms with Crippen LogP contribution in [-0.4, -0.2) is 14.7 Å². The highest BCUT2D eigenvalue weighted by Crippen LogP contribution is 2.16. The van der Waals surface area contributed by atoms with Gasteiger partial charge in [-0.3, -0.25) is 4.79 Å². The van der Waals surface area contributed by atoms with Crippen molar-refractivity contribution < 1.29 is 5.11 Å². The molecule has 0 spiro atoms. The molecular formula is C11H10BrN3O2. The molecule has 0 bridgehead atoms. The molecule has 0 aliphatic heterocycles. The van der Waals surface area contributed by atoms with Crippen LogP contribution in [0.5, 0.6) is 5.75 Å². The Morgan fingerprint density at radius 3 is 2.88 bits per heavy atom. The zero-order valence-electron chi connectivity index (χ0n) is 9.01. The Kier molecular flexibility index (Phi) is 3.14. The van der Waals surface area contributed by atoms with E-state index in [1.54, 1.807) is 25.4 Å². The summed E-state index contributed by atoms with van der Waals surface area (Å²) in [7, 11) is 1.67. The van der Waals surface area contributed by atoms with Crippen LogP contribution in [0.15, 0.2) is 39.9 Å². The third-order valence-corrected chi connectivity index (χ3v) is 2.59. The molecule has 0 amide bonds. The van der Waals surface area contributed by atoms with Crippen molar-refractivity contribution in [3.8, 4) is 5.75 Å². The number of aryl methyl sites for hydroxylation is 1. The molecule has 6 heteroatoms. The SMILES string of the molecule is Cn1cc(Br)cc(Nc2ccc(O)cn2)c1=O. The molecule has 0 aromatic carbocycles. The maximum absolute atomic E-state index is 11.8. The molecule has 88 valence electrons. The third kappa shape index (κ3) is 2.65. The van der Waals surface area contributed by atoms with Crippen molar-refractivity contribution in [2.24, 2.45) is 7.05 Å². The summed E-state index contributed by atoms with van der Waals surface area (Å²) in [6.07, 6.45) is 2.99. The molecule has 5 nitrogen and oxygen atoms in total. The van der Waals surface area contributed by atoms with Crippen LogP contribution in [-0.2, 0) is 7.05 Å². The predicted molar refractivity (Wildman–Crippen MR) is 68.6 cm³/mol. The highest BCUT2D eigenvalue weighted by molar-refractivity contribution is 9.10. The molecule has 0 radical (unpaired) electrons. The van der Waals surface area contributed by atoms with Crippen molar-refractivity contribution in [1.29, 1.82) is 0 Å². The molecule has 0 aliphatic carbocycles. The fraction of sp³-hybridized carbons (Fsp3) is 0.0909. The van der Waals surface area contributed by atoms with E-state index >= 15 is 0 Å². The van der Waals surface area contributed by atoms with Gasteiger partial charge in [-0.15, -0.1) is 0 Å². The summed E-state index contributed by atoms with van der Waals surface area (Å²) in [4.78, 5) is 15.7. The Labute approximate surface area is 106 Å². The van der Waals surface area contributed by atoms with Gasteiger partial charge in [0.05, 0.1) is 6.20 Å². The van der Waals surface area contributed by atoms with Crippen LogP contribution in [0.3, 0.4) is 0 Å². The first-order valence-electron chi connectivity index (χ1n) is 4.84. The first kappa shape index (κ1) is 11.7. The van der Waals surface area contributed by atoms with E-state index in [9.17, 15) is 4.79 Å². The molecule has 2 aromatic rings. The third-order valence-electron chi connectivity index (χ3n) is 2.16. The molecular weight excluding hydrogens is 286 g/mol. The van der Waals surface area contributed by atoms with E-state index in [4.69, 9.17) is 5.11 Å². The first-order valence-corrected chi connectivity index (χ1v) is 5.64. The van der Waals surface area contributed by atoms with Gasteiger partial charge < -0.3 is 15.0 Å². The van der Waals surface area contributed by atoms with Gasteiger partial charge in [-0.05, 0) is 34.1 Å². The summed E-state index contributed by atoms with van der Waals surface area (Å²) in [5, 5.41) is 12.0. The topological polar surface area (TPSA) is 67.2 Å². The summed E-state index contributed by atoms with van der Waals surface area (Å²) in [5.41, 5.74) is 0.267. The maximum atomic E-state index is 11.8. The number of nitrogens with one attached hydrogen (secondary N) is 1. The van der Waals surface area contributed by atoms with Gasteiger partial charge in [0.1, 0.15) is 17.3 Å². The molecule has 0 fully saturated rings. The largest absolute Gasteiger partial charge is 0.506 e. The molecule has 0 unspecified atom stereocenters. The van der Waals surface area contributed by atoms with Crippen LogP contribution in [0, 0.1) is 0 Å². The van der Waals surface area contributed by atoms with E-state index in [0.29, 0.717) is 11.5 Å². The van der Waals surface area contributed by atoms with E-state index < -0.39 is 0 Å². The monoisotopic (exact) mass is 295 g/mol. The second-order valence-electron chi connectivity index (χ2n) is 3.51. The molecule has 0 atom stereocenters. The number of aromatic nitrogens is 2. The van der Waals surface area contributed by atoms with Crippen LogP contribution in [0.4, 0.5) is 11.5 Å². The quantitative estimate of drug-likeness (QED) is 0.889. The first-order chi connectivity index (χ1) is 8.06. The molecule has 2 N–H and O–H groups in total. The van der Waals surface area contributed by atoms with E-state index in [-0.39, 0.29) is 11.3 Å². The van der Waals surface area contributed by atoms with Crippen molar-refractivity contribution in [2.45, 2.75) is 0 Å². The Balaban J connectivity index is 2.36. The Bertz CT molecular complexity index is 593. The summed E-state index contributed by atoms with van der Waals surface area (Å²) >= 11 is 3.31. The maximum Gasteiger partial charge on any atom is 0.274 e. The second-order valence-corrected chi connectivity index (χ2v) is 4.43. The van der Waals surface area contributed by atoms with E-state index in [1.807, 2.05) is 0 Å². The fourth-order valence-electron chi connectivity index (χ4n) is 1.36. The van der Waals surface area contributed by atoms with Gasteiger partial charge in [0, 0.05) is 17.7 Å². The van der Waals surface area contributed by atoms with Crippen molar-refractivity contribution >= 4 is 27.4 Å². The van der Waals surface area contributed by atoms with E-state index in [2.05, 4.69) is 26.2 Å². The Morgan fingerprint density at radius 2 is 2.24 bits per heavy atom. The minimum absolute atomic E-state index is 0.0812. The van der Waals surface area contributed by atoms with Crippen molar-refractivity contribution in [3.63, 3.8) is 0 Å². The lowest BCUT2D eigenvalue weighted by Crippen LogP contribution is -2.19. The lowest BCUT2D eigenvalue weighted by Gasteiger charge is -2.07. The van der Waals surface area contributed by atoms with Crippen LogP contribution >= 0.6 is 15.9 Å². The number of nitrogens with zero attached hydrogens (tertiary/aromatic N) is 2. The van der Waals surface area contributed by atoms with Crippen molar-refractivity contribution in [3.05, 3.63) is 45.4 Å². The number of rotatable bonds is 2. The number of pyridine rings is 2. The normalized spacial score (nSPS) is 10.2. The standard InChI is InChI=1S/C11H10BrN3O2/c1-15-6-7(12)4-9(11(15)17)14-10-3-2-8(16)5-13-10/h2-6,16H,1H3,(H,13,14). The number of aromatic hydroxyl groups is 1. The average Bonchev–Trinajstić information content (AvgIpc) is 2.28. The van der Waals surface area contributed by atoms with Crippen molar-refractivity contribution in [2.75, 3.05) is 5.32 Å². The Hall–Kier alpha value is -1.82. The number of halogens is 1. The number of hydrogen-bond donors (Lipinski definition) is 2. The van der Waals surface area contributed by atoms with Crippen LogP contribution in [0.2, 0.25) is 0 Å². The minimum atomic E-state index is -0.150. The van der Waals surface area contributed by atoms with Gasteiger partial charge in [0.2, 0.25) is 0 Å². The average molecular weight is 296 g/mol. The highest BCUT2D eigenvalue weighted by Gasteiger charge is 2.04. The fourth-order valence-corrected chi connectivity index (χ4v) is 1.89. The van der Waals surface area contributed by atoms with Gasteiger partial charge in [0.15, 0.2) is 0 Å². The molecule has 0 saturated carbocycles. The number of anilines is 2. The lowest BCUT2D eigenvalue weighted by molar-refractivity contribution is 0.473. The van der Waals surface area contributed by atoms with E-state index in [1.165, 1.54) is 16.8 Å². The highest BCUT2D eigenvalue weighted by atomic mass is 79.9. The smallest absolute Gasteiger partial charge is 0.274 e. The van der Waals surface area contributed by atoms with E-state index in [0.717, 1.165) is 4.47 Å². The molecule has 0 aliphatic rings.